The first kappa shape index (κ1) is 38.4. The number of hydrogen-bond acceptors (Lipinski definition) is 10. The number of phenolic OH excluding ortho intramolecular Hbond substituents is 1. The molecule has 0 unspecified atom stereocenters. The fourth-order valence-electron chi connectivity index (χ4n) is 11.8. The van der Waals surface area contributed by atoms with Gasteiger partial charge in [-0.1, -0.05) is 13.0 Å². The molecule has 6 aliphatic rings. The molecule has 10 rings (SSSR count). The van der Waals surface area contributed by atoms with Gasteiger partial charge in [0.2, 0.25) is 0 Å². The van der Waals surface area contributed by atoms with E-state index in [1.807, 2.05) is 6.92 Å². The molecule has 6 saturated heterocycles. The van der Waals surface area contributed by atoms with Gasteiger partial charge in [0.05, 0.1) is 10.9 Å². The number of halogens is 3. The molecule has 6 fully saturated rings. The number of nitrogens with zero attached hydrogens (tertiary/aromatic N) is 7. The maximum Gasteiger partial charge on any atom is 0.319 e. The van der Waals surface area contributed by atoms with Gasteiger partial charge in [0.1, 0.15) is 41.4 Å². The van der Waals surface area contributed by atoms with Crippen molar-refractivity contribution in [3.05, 3.63) is 47.7 Å². The fraction of sp³-hybridized carbons (Fsp3) is 0.622. The quantitative estimate of drug-likeness (QED) is 0.191. The van der Waals surface area contributed by atoms with Gasteiger partial charge in [-0.2, -0.15) is 9.97 Å². The van der Waals surface area contributed by atoms with Crippen LogP contribution in [0.5, 0.6) is 11.8 Å². The number of alkyl halides is 1. The molecule has 1 spiro atoms. The molecule has 58 heavy (non-hydrogen) atoms. The van der Waals surface area contributed by atoms with Gasteiger partial charge < -0.3 is 29.9 Å². The van der Waals surface area contributed by atoms with E-state index in [0.717, 1.165) is 38.8 Å². The van der Waals surface area contributed by atoms with Crippen molar-refractivity contribution < 1.29 is 23.0 Å². The summed E-state index contributed by atoms with van der Waals surface area (Å²) in [5.41, 5.74) is 0.809. The Balaban J connectivity index is 0.929. The molecule has 2 aromatic heterocycles. The summed E-state index contributed by atoms with van der Waals surface area (Å²) in [7, 11) is 2.24. The Kier molecular flexibility index (Phi) is 9.97. The number of pyridine rings is 1. The largest absolute Gasteiger partial charge is 0.508 e. The van der Waals surface area contributed by atoms with Crippen LogP contribution in [0, 0.1) is 23.0 Å². The van der Waals surface area contributed by atoms with Crippen LogP contribution in [0.2, 0.25) is 0 Å². The Labute approximate surface area is 339 Å². The number of nitrogens with one attached hydrogen (secondary N) is 1. The first-order chi connectivity index (χ1) is 28.1. The number of fused-ring (bicyclic) bond motifs is 5. The molecular formula is C45H57F3N8O2. The SMILES string of the molecule is CCc1c(F)ccc2cc(O)cc(-c3ncc4c(N5C[C@H]6CC[C@@H](C5)N6)nc(OC[C@]56C[C@@H](F)CN5C[C@@H](CCN5CCC7(CCN(C)CC7)CC5)C6)nc4c3F)c12. The molecule has 8 heterocycles. The van der Waals surface area contributed by atoms with Crippen LogP contribution in [0.3, 0.4) is 0 Å². The Morgan fingerprint density at radius 3 is 2.47 bits per heavy atom. The lowest BCUT2D eigenvalue weighted by Gasteiger charge is -2.46. The number of piperidine rings is 2. The summed E-state index contributed by atoms with van der Waals surface area (Å²) in [4.78, 5) is 23.9. The van der Waals surface area contributed by atoms with E-state index in [1.54, 1.807) is 18.3 Å². The van der Waals surface area contributed by atoms with Crippen molar-refractivity contribution in [1.29, 1.82) is 0 Å². The van der Waals surface area contributed by atoms with E-state index in [4.69, 9.17) is 14.7 Å². The molecule has 2 aromatic carbocycles. The topological polar surface area (TPSA) is 93.1 Å². The zero-order valence-corrected chi connectivity index (χ0v) is 34.0. The van der Waals surface area contributed by atoms with Gasteiger partial charge in [0.15, 0.2) is 5.82 Å². The molecule has 0 amide bonds. The number of piperazine rings is 1. The van der Waals surface area contributed by atoms with E-state index >= 15 is 13.2 Å². The number of likely N-dealkylation sites (tertiary alicyclic amines) is 2. The average molecular weight is 799 g/mol. The fourth-order valence-corrected chi connectivity index (χ4v) is 11.8. The molecule has 0 radical (unpaired) electrons. The smallest absolute Gasteiger partial charge is 0.319 e. The second-order valence-corrected chi connectivity index (χ2v) is 18.7. The monoisotopic (exact) mass is 798 g/mol. The van der Waals surface area contributed by atoms with Crippen molar-refractivity contribution in [2.75, 3.05) is 77.5 Å². The van der Waals surface area contributed by atoms with Crippen molar-refractivity contribution >= 4 is 27.5 Å². The summed E-state index contributed by atoms with van der Waals surface area (Å²) in [6, 6.07) is 6.63. The van der Waals surface area contributed by atoms with Crippen LogP contribution in [-0.2, 0) is 6.42 Å². The maximum atomic E-state index is 17.2. The van der Waals surface area contributed by atoms with Gasteiger partial charge in [-0.05, 0) is 143 Å². The summed E-state index contributed by atoms with van der Waals surface area (Å²) in [5.74, 6) is -0.143. The molecule has 2 N–H and O–H groups in total. The molecule has 10 nitrogen and oxygen atoms in total. The third-order valence-corrected chi connectivity index (χ3v) is 15.0. The van der Waals surface area contributed by atoms with Crippen molar-refractivity contribution in [1.82, 2.24) is 35.0 Å². The molecule has 4 aromatic rings. The molecule has 2 bridgehead atoms. The van der Waals surface area contributed by atoms with Crippen molar-refractivity contribution in [3.8, 4) is 23.0 Å². The molecule has 0 aliphatic carbocycles. The van der Waals surface area contributed by atoms with E-state index in [2.05, 4.69) is 36.9 Å². The van der Waals surface area contributed by atoms with Gasteiger partial charge in [-0.25, -0.2) is 13.2 Å². The minimum Gasteiger partial charge on any atom is -0.508 e. The predicted octanol–water partition coefficient (Wildman–Crippen LogP) is 6.71. The summed E-state index contributed by atoms with van der Waals surface area (Å²) in [6.07, 6.45) is 10.7. The number of rotatable bonds is 9. The van der Waals surface area contributed by atoms with E-state index in [0.29, 0.717) is 89.0 Å². The lowest BCUT2D eigenvalue weighted by atomic mass is 9.71. The minimum absolute atomic E-state index is 0.0284. The average Bonchev–Trinajstić information content (AvgIpc) is 3.85. The minimum atomic E-state index is -0.928. The van der Waals surface area contributed by atoms with Crippen molar-refractivity contribution in [2.24, 2.45) is 11.3 Å². The van der Waals surface area contributed by atoms with E-state index in [-0.39, 0.29) is 29.6 Å². The van der Waals surface area contributed by atoms with Crippen LogP contribution >= 0.6 is 0 Å². The van der Waals surface area contributed by atoms with Gasteiger partial charge in [-0.3, -0.25) is 9.88 Å². The van der Waals surface area contributed by atoms with Crippen LogP contribution in [0.4, 0.5) is 19.0 Å². The van der Waals surface area contributed by atoms with Gasteiger partial charge in [0.25, 0.3) is 0 Å². The molecule has 310 valence electrons. The van der Waals surface area contributed by atoms with Gasteiger partial charge in [-0.15, -0.1) is 0 Å². The van der Waals surface area contributed by atoms with E-state index in [9.17, 15) is 5.11 Å². The summed E-state index contributed by atoms with van der Waals surface area (Å²) >= 11 is 0. The number of hydrogen-bond donors (Lipinski definition) is 2. The molecular weight excluding hydrogens is 742 g/mol. The second kappa shape index (κ2) is 15.0. The van der Waals surface area contributed by atoms with Crippen molar-refractivity contribution in [2.45, 2.75) is 94.9 Å². The summed E-state index contributed by atoms with van der Waals surface area (Å²) in [5, 5.41) is 16.0. The zero-order valence-electron chi connectivity index (χ0n) is 34.0. The Morgan fingerprint density at radius 1 is 0.948 bits per heavy atom. The van der Waals surface area contributed by atoms with E-state index in [1.165, 1.54) is 64.0 Å². The third kappa shape index (κ3) is 6.97. The Morgan fingerprint density at radius 2 is 1.71 bits per heavy atom. The standard InChI is InChI=1S/C45H57F3N8O2/c1-3-34-37(47)7-4-29-18-33(57)19-35(38(29)34)40-39(48)41-36(22-49-40)42(55-25-31-5-6-32(26-55)50-31)52-43(51-41)58-27-45-20-28(23-56(45)24-30(46)21-45)8-13-54-16-11-44(12-17-54)9-14-53(2)15-10-44/h4,7,18-19,22,28,30-32,50,57H,3,5-6,8-17,20-21,23-27H2,1-2H3/t28-,30+,31-,32+,45-/m0/s1. The highest BCUT2D eigenvalue weighted by atomic mass is 19.1. The number of phenols is 1. The van der Waals surface area contributed by atoms with Crippen molar-refractivity contribution in [3.63, 3.8) is 0 Å². The van der Waals surface area contributed by atoms with Crippen LogP contribution in [0.25, 0.3) is 32.9 Å². The normalized spacial score (nSPS) is 28.9. The molecule has 6 aliphatic heterocycles. The second-order valence-electron chi connectivity index (χ2n) is 18.7. The third-order valence-electron chi connectivity index (χ3n) is 15.0. The number of ether oxygens (including phenoxy) is 1. The predicted molar refractivity (Wildman–Crippen MR) is 220 cm³/mol. The van der Waals surface area contributed by atoms with Crippen LogP contribution in [-0.4, -0.2) is 131 Å². The Hall–Kier alpha value is -3.78. The highest BCUT2D eigenvalue weighted by Crippen LogP contribution is 2.46. The lowest BCUT2D eigenvalue weighted by molar-refractivity contribution is 0.0410. The molecule has 5 atom stereocenters. The summed E-state index contributed by atoms with van der Waals surface area (Å²) < 4.78 is 54.1. The first-order valence-corrected chi connectivity index (χ1v) is 21.8. The van der Waals surface area contributed by atoms with Crippen LogP contribution in [0.1, 0.15) is 70.3 Å². The number of anilines is 1. The number of aromatic nitrogens is 3. The van der Waals surface area contributed by atoms with Gasteiger partial charge >= 0.3 is 6.01 Å². The molecule has 0 saturated carbocycles. The number of aryl methyl sites for hydroxylation is 1. The zero-order chi connectivity index (χ0) is 39.8. The van der Waals surface area contributed by atoms with Crippen LogP contribution < -0.4 is 15.0 Å². The first-order valence-electron chi connectivity index (χ1n) is 21.8. The number of aromatic hydroxyl groups is 1. The highest BCUT2D eigenvalue weighted by Gasteiger charge is 2.53. The summed E-state index contributed by atoms with van der Waals surface area (Å²) in [6.45, 7) is 10.6. The maximum absolute atomic E-state index is 17.2. The van der Waals surface area contributed by atoms with E-state index < -0.39 is 23.3 Å². The highest BCUT2D eigenvalue weighted by molar-refractivity contribution is 6.01. The van der Waals surface area contributed by atoms with Gasteiger partial charge in [0, 0.05) is 56.4 Å². The lowest BCUT2D eigenvalue weighted by Crippen LogP contribution is -2.51. The number of benzene rings is 2. The Bertz CT molecular complexity index is 2180. The van der Waals surface area contributed by atoms with Crippen LogP contribution in [0.15, 0.2) is 30.5 Å². The molecule has 13 heteroatoms.